The number of ether oxygens (including phenoxy) is 3. The Kier molecular flexibility index (Phi) is 87.7. The van der Waals surface area contributed by atoms with Crippen LogP contribution < -0.4 is 0 Å². The highest BCUT2D eigenvalue weighted by Gasteiger charge is 2.29. The summed E-state index contributed by atoms with van der Waals surface area (Å²) in [4.78, 5) is 59.0. The highest BCUT2D eigenvalue weighted by atomic mass is 31.2. The molecule has 0 saturated carbocycles. The summed E-state index contributed by atoms with van der Waals surface area (Å²) in [5.74, 6) is -1.60. The summed E-state index contributed by atoms with van der Waals surface area (Å²) in [6.45, 7) is 2.43. The average Bonchev–Trinajstić information content (AvgIpc) is 0.903. The molecule has 18 heteroatoms. The van der Waals surface area contributed by atoms with Gasteiger partial charge in [-0.25, -0.2) is 9.13 Å². The second kappa shape index (κ2) is 91.8. The van der Waals surface area contributed by atoms with Crippen LogP contribution in [0.25, 0.3) is 0 Å². The van der Waals surface area contributed by atoms with E-state index in [1.54, 1.807) is 0 Å². The number of carbonyl (C=O) groups is 3. The molecular weight excluding hydrogens is 1530 g/mol. The van der Waals surface area contributed by atoms with Gasteiger partial charge in [-0.15, -0.1) is 0 Å². The summed E-state index contributed by atoms with van der Waals surface area (Å²) < 4.78 is 61.5. The minimum Gasteiger partial charge on any atom is -0.463 e. The smallest absolute Gasteiger partial charge is 0.463 e. The molecule has 0 aliphatic carbocycles. The summed E-state index contributed by atoms with van der Waals surface area (Å²) >= 11 is 0. The van der Waals surface area contributed by atoms with E-state index in [-0.39, 0.29) is 19.3 Å². The summed E-state index contributed by atoms with van der Waals surface area (Å²) in [6, 6.07) is 0. The zero-order valence-electron chi connectivity index (χ0n) is 75.0. The van der Waals surface area contributed by atoms with E-state index in [9.17, 15) is 43.5 Å². The van der Waals surface area contributed by atoms with E-state index in [4.69, 9.17) is 32.3 Å². The second-order valence-electron chi connectivity index (χ2n) is 31.0. The monoisotopic (exact) mass is 1700 g/mol. The topological polar surface area (TPSA) is 231 Å². The van der Waals surface area contributed by atoms with Crippen molar-refractivity contribution in [2.45, 2.75) is 399 Å². The van der Waals surface area contributed by atoms with Crippen molar-refractivity contribution in [2.75, 3.05) is 39.6 Å². The largest absolute Gasteiger partial charge is 0.472 e. The first-order chi connectivity index (χ1) is 58.2. The van der Waals surface area contributed by atoms with Gasteiger partial charge in [0.25, 0.3) is 0 Å². The van der Waals surface area contributed by atoms with Gasteiger partial charge in [-0.05, 0) is 161 Å². The van der Waals surface area contributed by atoms with Crippen molar-refractivity contribution < 1.29 is 75.8 Å². The number of carbonyl (C=O) groups excluding carboxylic acids is 3. The first-order valence-electron chi connectivity index (χ1n) is 47.1. The van der Waals surface area contributed by atoms with Gasteiger partial charge in [0.05, 0.1) is 26.4 Å². The maximum atomic E-state index is 13.1. The van der Waals surface area contributed by atoms with Gasteiger partial charge >= 0.3 is 33.6 Å². The molecule has 0 saturated heterocycles. The van der Waals surface area contributed by atoms with E-state index >= 15 is 0 Å². The highest BCUT2D eigenvalue weighted by Crippen LogP contribution is 2.45. The van der Waals surface area contributed by atoms with Crippen molar-refractivity contribution in [3.63, 3.8) is 0 Å². The Balaban J connectivity index is 4.57. The van der Waals surface area contributed by atoms with E-state index < -0.39 is 91.5 Å². The quantitative estimate of drug-likeness (QED) is 0.0146. The molecular formula is C101H170O16P2. The van der Waals surface area contributed by atoms with Crippen LogP contribution in [0.5, 0.6) is 0 Å². The molecule has 0 aliphatic heterocycles. The van der Waals surface area contributed by atoms with Gasteiger partial charge in [-0.3, -0.25) is 32.5 Å². The normalized spacial score (nSPS) is 14.6. The number of esters is 3. The van der Waals surface area contributed by atoms with E-state index in [0.717, 1.165) is 193 Å². The van der Waals surface area contributed by atoms with Gasteiger partial charge < -0.3 is 34.2 Å². The lowest BCUT2D eigenvalue weighted by Gasteiger charge is -2.21. The van der Waals surface area contributed by atoms with Crippen LogP contribution in [0.2, 0.25) is 0 Å². The van der Waals surface area contributed by atoms with Crippen LogP contribution in [0, 0.1) is 0 Å². The Hall–Kier alpha value is -5.35. The van der Waals surface area contributed by atoms with Crippen molar-refractivity contribution in [3.05, 3.63) is 182 Å². The number of phosphoric ester groups is 2. The Morgan fingerprint density at radius 3 is 0.706 bits per heavy atom. The van der Waals surface area contributed by atoms with Crippen LogP contribution in [0.3, 0.4) is 0 Å². The molecule has 0 spiro atoms. The molecule has 0 aromatic rings. The molecule has 680 valence electrons. The second-order valence-corrected chi connectivity index (χ2v) is 34.0. The van der Waals surface area contributed by atoms with Crippen LogP contribution in [0.1, 0.15) is 380 Å². The molecule has 0 rings (SSSR count). The molecule has 0 radical (unpaired) electrons. The van der Waals surface area contributed by atoms with Crippen LogP contribution in [-0.2, 0) is 55.8 Å². The van der Waals surface area contributed by atoms with Crippen molar-refractivity contribution >= 4 is 33.6 Å². The predicted octanol–water partition coefficient (Wildman–Crippen LogP) is 29.2. The fourth-order valence-corrected chi connectivity index (χ4v) is 14.1. The summed E-state index contributed by atoms with van der Waals surface area (Å²) in [5.41, 5.74) is 0. The fraction of sp³-hybridized carbons (Fsp3) is 0.673. The van der Waals surface area contributed by atoms with Crippen LogP contribution in [0.15, 0.2) is 182 Å². The maximum Gasteiger partial charge on any atom is 0.472 e. The van der Waals surface area contributed by atoms with Gasteiger partial charge in [-0.2, -0.15) is 0 Å². The maximum absolute atomic E-state index is 13.1. The van der Waals surface area contributed by atoms with Crippen LogP contribution >= 0.6 is 15.6 Å². The minimum atomic E-state index is -4.95. The van der Waals surface area contributed by atoms with Crippen molar-refractivity contribution in [2.24, 2.45) is 0 Å². The van der Waals surface area contributed by atoms with Crippen molar-refractivity contribution in [3.8, 4) is 0 Å². The molecule has 5 unspecified atom stereocenters. The lowest BCUT2D eigenvalue weighted by Crippen LogP contribution is -2.30. The molecule has 0 aliphatic rings. The molecule has 119 heavy (non-hydrogen) atoms. The molecule has 0 aromatic heterocycles. The first-order valence-corrected chi connectivity index (χ1v) is 50.1. The third-order valence-electron chi connectivity index (χ3n) is 19.6. The number of phosphoric acid groups is 2. The van der Waals surface area contributed by atoms with E-state index in [1.165, 1.54) is 128 Å². The fourth-order valence-electron chi connectivity index (χ4n) is 12.5. The van der Waals surface area contributed by atoms with Gasteiger partial charge in [0.1, 0.15) is 25.4 Å². The number of aliphatic hydroxyl groups excluding tert-OH is 2. The van der Waals surface area contributed by atoms with Crippen LogP contribution in [0.4, 0.5) is 0 Å². The minimum absolute atomic E-state index is 0.0831. The molecule has 0 amide bonds. The molecule has 5 atom stereocenters. The Morgan fingerprint density at radius 1 is 0.244 bits per heavy atom. The Bertz CT molecular complexity index is 2890. The summed E-state index contributed by atoms with van der Waals surface area (Å²) in [5, 5.41) is 20.8. The predicted molar refractivity (Wildman–Crippen MR) is 500 cm³/mol. The first kappa shape index (κ1) is 114. The average molecular weight is 1700 g/mol. The van der Waals surface area contributed by atoms with Gasteiger partial charge in [-0.1, -0.05) is 383 Å². The molecule has 0 bridgehead atoms. The third-order valence-corrected chi connectivity index (χ3v) is 21.5. The molecule has 0 heterocycles. The van der Waals surface area contributed by atoms with Crippen molar-refractivity contribution in [1.82, 2.24) is 0 Å². The number of hydrogen-bond donors (Lipinski definition) is 4. The third kappa shape index (κ3) is 93.2. The van der Waals surface area contributed by atoms with Crippen molar-refractivity contribution in [1.29, 1.82) is 0 Å². The lowest BCUT2D eigenvalue weighted by molar-refractivity contribution is -0.161. The molecule has 16 nitrogen and oxygen atoms in total. The standard InChI is InChI=1S/C101H170O16P2/c1-4-7-10-13-16-19-22-25-28-31-34-37-40-42-43-44-45-46-47-48-49-50-51-53-56-57-60-63-66-69-72-75-78-81-84-87-99(104)111-90-96(102)91-113-118(107,108)114-92-97(103)93-115-119(109,110)116-95-98(117-101(106)89-86-83-80-77-74-71-68-65-62-59-54-39-36-33-30-27-24-21-18-15-12-9-6-3)94-112-100(105)88-85-82-79-76-73-70-67-64-61-58-55-52-41-38-35-32-29-26-23-20-17-14-11-8-5-2/h7-8,10-11,16-21,25-30,34-39,42-43,52,55,59,61-62,64,96-98,102-103H,4-6,9,12-15,22-24,31-33,40-41,44-51,53-54,56-58,60,63,65-95H2,1-3H3,(H,107,108)(H,109,110)/b10-7-,11-8-,19-16-,20-17-,21-18-,28-25-,29-26-,30-27-,37-34-,38-35-,39-36-,43-42-,55-52-,62-59-,64-61-. The van der Waals surface area contributed by atoms with Gasteiger partial charge in [0.2, 0.25) is 0 Å². The summed E-state index contributed by atoms with van der Waals surface area (Å²) in [6.07, 6.45) is 121. The lowest BCUT2D eigenvalue weighted by atomic mass is 10.0. The SMILES string of the molecule is CC/C=C\C/C=C\C/C=C\C/C=C\C/C=C\C/C=C\CCCCCCCCC(=O)OCC(COP(=O)(O)OCC(O)COP(=O)(O)OCC(O)COC(=O)CCCCCCCCCCCCCCCCCCCCC/C=C\C/C=C\C/C=C\C/C=C\C/C=C\CC)OC(=O)CCCCCCCCC/C=C\C/C=C\C/C=C\C/C=C\CCCCC. The number of rotatable bonds is 88. The summed E-state index contributed by atoms with van der Waals surface area (Å²) in [7, 11) is -9.82. The highest BCUT2D eigenvalue weighted by molar-refractivity contribution is 7.47. The Morgan fingerprint density at radius 2 is 0.445 bits per heavy atom. The number of allylic oxidation sites excluding steroid dienone is 30. The molecule has 4 N–H and O–H groups in total. The number of aliphatic hydroxyl groups is 2. The van der Waals surface area contributed by atoms with E-state index in [0.29, 0.717) is 19.3 Å². The van der Waals surface area contributed by atoms with Gasteiger partial charge in [0, 0.05) is 19.3 Å². The zero-order chi connectivity index (χ0) is 86.5. The van der Waals surface area contributed by atoms with Crippen LogP contribution in [-0.4, -0.2) is 95.9 Å². The number of hydrogen-bond acceptors (Lipinski definition) is 14. The Labute approximate surface area is 725 Å². The molecule has 0 fully saturated rings. The van der Waals surface area contributed by atoms with E-state index in [2.05, 4.69) is 203 Å². The molecule has 0 aromatic carbocycles. The van der Waals surface area contributed by atoms with E-state index in [1.807, 2.05) is 0 Å². The van der Waals surface area contributed by atoms with Gasteiger partial charge in [0.15, 0.2) is 6.10 Å². The number of unbranched alkanes of at least 4 members (excludes halogenated alkanes) is 35. The zero-order valence-corrected chi connectivity index (χ0v) is 76.8.